The molecule has 3 aromatic rings. The highest BCUT2D eigenvalue weighted by Gasteiger charge is 2.11. The molecule has 0 aliphatic heterocycles. The summed E-state index contributed by atoms with van der Waals surface area (Å²) in [6.45, 7) is 2.40. The van der Waals surface area contributed by atoms with Crippen LogP contribution in [0.2, 0.25) is 0 Å². The van der Waals surface area contributed by atoms with Gasteiger partial charge in [-0.3, -0.25) is 0 Å². The highest BCUT2D eigenvalue weighted by Crippen LogP contribution is 2.34. The standard InChI is InChI=1S/C26H32NO5PS/c1-30-23-10-5-9-21(18-23)8-3-2-4-15-31-25-13-12-22(19-24(25)26-11-6-17-34-26)20-27-14-7-16-32-33(28)29/h5-6,9-13,17-19,27H,2-4,7-8,14-16,20H2,1H3/p+1. The van der Waals surface area contributed by atoms with E-state index in [1.165, 1.54) is 16.0 Å². The van der Waals surface area contributed by atoms with Crippen molar-refractivity contribution in [3.8, 4) is 21.9 Å². The van der Waals surface area contributed by atoms with Gasteiger partial charge in [0.2, 0.25) is 0 Å². The molecule has 1 heterocycles. The van der Waals surface area contributed by atoms with Crippen LogP contribution in [0, 0.1) is 0 Å². The van der Waals surface area contributed by atoms with Crippen molar-refractivity contribution in [1.82, 2.24) is 5.32 Å². The minimum absolute atomic E-state index is 0.269. The van der Waals surface area contributed by atoms with Crippen LogP contribution < -0.4 is 14.8 Å². The Morgan fingerprint density at radius 3 is 2.68 bits per heavy atom. The number of ether oxygens (including phenoxy) is 2. The number of hydrogen-bond acceptors (Lipinski definition) is 6. The van der Waals surface area contributed by atoms with E-state index < -0.39 is 8.25 Å². The van der Waals surface area contributed by atoms with Crippen LogP contribution in [-0.2, 0) is 22.1 Å². The zero-order valence-electron chi connectivity index (χ0n) is 19.6. The molecule has 6 nitrogen and oxygen atoms in total. The molecule has 0 spiro atoms. The van der Waals surface area contributed by atoms with Crippen molar-refractivity contribution in [2.24, 2.45) is 0 Å². The maximum Gasteiger partial charge on any atom is 0.694 e. The number of methoxy groups -OCH3 is 1. The summed E-state index contributed by atoms with van der Waals surface area (Å²) in [5, 5.41) is 5.43. The zero-order chi connectivity index (χ0) is 24.0. The van der Waals surface area contributed by atoms with Crippen LogP contribution in [0.4, 0.5) is 0 Å². The lowest BCUT2D eigenvalue weighted by Gasteiger charge is -2.13. The Kier molecular flexibility index (Phi) is 11.5. The Morgan fingerprint density at radius 1 is 0.971 bits per heavy atom. The average Bonchev–Trinajstić information content (AvgIpc) is 3.39. The molecule has 1 aromatic heterocycles. The maximum absolute atomic E-state index is 10.5. The lowest BCUT2D eigenvalue weighted by Crippen LogP contribution is -2.16. The molecule has 1 atom stereocenters. The molecule has 0 aliphatic carbocycles. The molecule has 0 saturated heterocycles. The van der Waals surface area contributed by atoms with E-state index in [0.29, 0.717) is 26.1 Å². The van der Waals surface area contributed by atoms with Gasteiger partial charge in [0.05, 0.1) is 13.7 Å². The molecule has 3 rings (SSSR count). The minimum atomic E-state index is -2.51. The summed E-state index contributed by atoms with van der Waals surface area (Å²) >= 11 is 1.71. The van der Waals surface area contributed by atoms with Gasteiger partial charge in [0.1, 0.15) is 18.1 Å². The first-order valence-electron chi connectivity index (χ1n) is 11.6. The first-order chi connectivity index (χ1) is 16.7. The van der Waals surface area contributed by atoms with E-state index in [0.717, 1.165) is 42.7 Å². The molecule has 1 unspecified atom stereocenters. The van der Waals surface area contributed by atoms with Gasteiger partial charge in [0.15, 0.2) is 0 Å². The van der Waals surface area contributed by atoms with Gasteiger partial charge in [0.25, 0.3) is 0 Å². The van der Waals surface area contributed by atoms with Crippen molar-refractivity contribution >= 4 is 19.6 Å². The Hall–Kier alpha value is -2.28. The number of hydrogen-bond donors (Lipinski definition) is 2. The molecule has 2 N–H and O–H groups in total. The van der Waals surface area contributed by atoms with E-state index in [-0.39, 0.29) is 6.61 Å². The molecule has 0 fully saturated rings. The molecule has 182 valence electrons. The smallest absolute Gasteiger partial charge is 0.497 e. The summed E-state index contributed by atoms with van der Waals surface area (Å²) in [5.74, 6) is 1.83. The zero-order valence-corrected chi connectivity index (χ0v) is 21.3. The molecule has 0 aliphatic rings. The molecule has 0 bridgehead atoms. The molecule has 0 radical (unpaired) electrons. The predicted molar refractivity (Wildman–Crippen MR) is 138 cm³/mol. The van der Waals surface area contributed by atoms with Crippen molar-refractivity contribution in [3.63, 3.8) is 0 Å². The highest BCUT2D eigenvalue weighted by atomic mass is 32.1. The van der Waals surface area contributed by atoms with Gasteiger partial charge in [0, 0.05) is 21.6 Å². The Bertz CT molecular complexity index is 1010. The Balaban J connectivity index is 1.45. The van der Waals surface area contributed by atoms with Gasteiger partial charge in [-0.05, 0) is 85.5 Å². The normalized spacial score (nSPS) is 11.4. The molecule has 8 heteroatoms. The quantitative estimate of drug-likeness (QED) is 0.175. The van der Waals surface area contributed by atoms with Crippen LogP contribution in [0.5, 0.6) is 11.5 Å². The fraction of sp³-hybridized carbons (Fsp3) is 0.385. The third-order valence-electron chi connectivity index (χ3n) is 5.36. The monoisotopic (exact) mass is 502 g/mol. The first-order valence-corrected chi connectivity index (χ1v) is 13.6. The van der Waals surface area contributed by atoms with Gasteiger partial charge in [-0.25, -0.2) is 0 Å². The van der Waals surface area contributed by atoms with E-state index in [1.807, 2.05) is 12.1 Å². The number of unbranched alkanes of at least 4 members (excludes halogenated alkanes) is 2. The summed E-state index contributed by atoms with van der Waals surface area (Å²) < 4.78 is 26.7. The van der Waals surface area contributed by atoms with E-state index in [4.69, 9.17) is 14.4 Å². The van der Waals surface area contributed by atoms with Crippen LogP contribution in [-0.4, -0.2) is 31.8 Å². The summed E-state index contributed by atoms with van der Waals surface area (Å²) in [6.07, 6.45) is 4.97. The maximum atomic E-state index is 10.5. The van der Waals surface area contributed by atoms with E-state index in [9.17, 15) is 4.57 Å². The fourth-order valence-corrected chi connectivity index (χ4v) is 4.66. The predicted octanol–water partition coefficient (Wildman–Crippen LogP) is 6.36. The second-order valence-electron chi connectivity index (χ2n) is 7.92. The van der Waals surface area contributed by atoms with Gasteiger partial charge in [-0.15, -0.1) is 20.8 Å². The van der Waals surface area contributed by atoms with Crippen molar-refractivity contribution in [2.45, 2.75) is 38.6 Å². The van der Waals surface area contributed by atoms with Crippen LogP contribution in [0.3, 0.4) is 0 Å². The van der Waals surface area contributed by atoms with Crippen LogP contribution >= 0.6 is 19.6 Å². The summed E-state index contributed by atoms with van der Waals surface area (Å²) in [5.41, 5.74) is 3.59. The molecule has 0 amide bonds. The lowest BCUT2D eigenvalue weighted by atomic mass is 10.1. The topological polar surface area (TPSA) is 77.0 Å². The van der Waals surface area contributed by atoms with Crippen molar-refractivity contribution in [3.05, 3.63) is 71.1 Å². The summed E-state index contributed by atoms with van der Waals surface area (Å²) in [4.78, 5) is 9.84. The lowest BCUT2D eigenvalue weighted by molar-refractivity contribution is 0.276. The van der Waals surface area contributed by atoms with E-state index >= 15 is 0 Å². The first kappa shape index (κ1) is 26.3. The van der Waals surface area contributed by atoms with Gasteiger partial charge in [-0.2, -0.15) is 0 Å². The molecule has 2 aromatic carbocycles. The summed E-state index contributed by atoms with van der Waals surface area (Å²) in [7, 11) is -0.811. The number of benzene rings is 2. The van der Waals surface area contributed by atoms with Crippen molar-refractivity contribution in [1.29, 1.82) is 0 Å². The van der Waals surface area contributed by atoms with Gasteiger partial charge in [-0.1, -0.05) is 24.3 Å². The summed E-state index contributed by atoms with van der Waals surface area (Å²) in [6, 6.07) is 18.8. The average molecular weight is 503 g/mol. The van der Waals surface area contributed by atoms with Gasteiger partial charge >= 0.3 is 8.25 Å². The fourth-order valence-electron chi connectivity index (χ4n) is 3.63. The second-order valence-corrected chi connectivity index (χ2v) is 9.60. The number of nitrogens with one attached hydrogen (secondary N) is 1. The van der Waals surface area contributed by atoms with E-state index in [2.05, 4.69) is 57.7 Å². The Morgan fingerprint density at radius 2 is 1.88 bits per heavy atom. The van der Waals surface area contributed by atoms with Gasteiger partial charge < -0.3 is 14.8 Å². The highest BCUT2D eigenvalue weighted by molar-refractivity contribution is 7.32. The molecule has 34 heavy (non-hydrogen) atoms. The van der Waals surface area contributed by atoms with Crippen LogP contribution in [0.25, 0.3) is 10.4 Å². The van der Waals surface area contributed by atoms with Crippen molar-refractivity contribution < 1.29 is 23.5 Å². The molecular weight excluding hydrogens is 469 g/mol. The number of aryl methyl sites for hydroxylation is 1. The van der Waals surface area contributed by atoms with E-state index in [1.54, 1.807) is 18.4 Å². The third-order valence-corrected chi connectivity index (χ3v) is 6.67. The second kappa shape index (κ2) is 14.9. The van der Waals surface area contributed by atoms with Crippen LogP contribution in [0.1, 0.15) is 36.8 Å². The van der Waals surface area contributed by atoms with Crippen LogP contribution in [0.15, 0.2) is 60.0 Å². The number of thiophene rings is 1. The molecule has 0 saturated carbocycles. The van der Waals surface area contributed by atoms with Crippen molar-refractivity contribution in [2.75, 3.05) is 26.9 Å². The Labute approximate surface area is 206 Å². The number of rotatable bonds is 16. The molecular formula is C26H33NO5PS+. The third kappa shape index (κ3) is 9.16. The SMILES string of the molecule is COc1cccc(CCCCCOc2ccc(CNCCCO[P+](=O)O)cc2-c2cccs2)c1. The minimum Gasteiger partial charge on any atom is -0.497 e. The largest absolute Gasteiger partial charge is 0.694 e.